The lowest BCUT2D eigenvalue weighted by Crippen LogP contribution is -2.43. The van der Waals surface area contributed by atoms with Crippen molar-refractivity contribution in [1.82, 2.24) is 4.90 Å². The molecule has 0 radical (unpaired) electrons. The molecule has 0 aromatic heterocycles. The van der Waals surface area contributed by atoms with Gasteiger partial charge in [0.05, 0.1) is 13.5 Å². The number of carbonyl (C=O) groups is 3. The number of ether oxygens (including phenoxy) is 1. The molecule has 0 saturated carbocycles. The van der Waals surface area contributed by atoms with Crippen LogP contribution in [0.2, 0.25) is 0 Å². The lowest BCUT2D eigenvalue weighted by molar-refractivity contribution is -0.149. The van der Waals surface area contributed by atoms with E-state index in [0.29, 0.717) is 5.70 Å². The van der Waals surface area contributed by atoms with Crippen LogP contribution in [0.5, 0.6) is 0 Å². The maximum absolute atomic E-state index is 11.5. The van der Waals surface area contributed by atoms with Crippen LogP contribution >= 0.6 is 0 Å². The fourth-order valence-electron chi connectivity index (χ4n) is 1.69. The van der Waals surface area contributed by atoms with Gasteiger partial charge in [0.15, 0.2) is 11.8 Å². The number of hydrogen-bond acceptors (Lipinski definition) is 4. The van der Waals surface area contributed by atoms with Crippen LogP contribution in [-0.4, -0.2) is 35.7 Å². The van der Waals surface area contributed by atoms with Crippen LogP contribution < -0.4 is 0 Å². The quantitative estimate of drug-likeness (QED) is 0.440. The standard InChI is InChI=1S/C10H9NO4/c1-15-10(14)8-3-2-6-4-7(12)5-9(13)11(6)8/h2-4,8H,5H2,1H3. The van der Waals surface area contributed by atoms with Crippen LogP contribution in [0, 0.1) is 0 Å². The van der Waals surface area contributed by atoms with Gasteiger partial charge in [0.2, 0.25) is 5.91 Å². The molecule has 5 heteroatoms. The molecule has 2 rings (SSSR count). The minimum atomic E-state index is -0.721. The number of ketones is 1. The average Bonchev–Trinajstić information content (AvgIpc) is 2.60. The fourth-order valence-corrected chi connectivity index (χ4v) is 1.69. The van der Waals surface area contributed by atoms with Gasteiger partial charge in [-0.1, -0.05) is 0 Å². The van der Waals surface area contributed by atoms with Crippen molar-refractivity contribution in [2.75, 3.05) is 7.11 Å². The van der Waals surface area contributed by atoms with Crippen molar-refractivity contribution in [3.8, 4) is 0 Å². The SMILES string of the molecule is COC(=O)C1C=CC2=CC(=O)CC(=O)N21. The predicted molar refractivity (Wildman–Crippen MR) is 49.5 cm³/mol. The van der Waals surface area contributed by atoms with E-state index in [4.69, 9.17) is 0 Å². The molecule has 15 heavy (non-hydrogen) atoms. The molecular formula is C10H9NO4. The molecule has 2 aliphatic heterocycles. The fraction of sp³-hybridized carbons (Fsp3) is 0.300. The molecule has 0 aromatic carbocycles. The monoisotopic (exact) mass is 207 g/mol. The Hall–Kier alpha value is -1.91. The van der Waals surface area contributed by atoms with E-state index in [9.17, 15) is 14.4 Å². The Morgan fingerprint density at radius 2 is 2.27 bits per heavy atom. The maximum Gasteiger partial charge on any atom is 0.333 e. The van der Waals surface area contributed by atoms with Crippen molar-refractivity contribution in [3.05, 3.63) is 23.9 Å². The highest BCUT2D eigenvalue weighted by atomic mass is 16.5. The molecule has 0 N–H and O–H groups in total. The van der Waals surface area contributed by atoms with Crippen LogP contribution in [-0.2, 0) is 19.1 Å². The van der Waals surface area contributed by atoms with Gasteiger partial charge in [0.25, 0.3) is 0 Å². The second kappa shape index (κ2) is 3.34. The maximum atomic E-state index is 11.5. The Bertz CT molecular complexity index is 408. The van der Waals surface area contributed by atoms with Crippen LogP contribution in [0.1, 0.15) is 6.42 Å². The van der Waals surface area contributed by atoms with Gasteiger partial charge in [-0.15, -0.1) is 0 Å². The van der Waals surface area contributed by atoms with Gasteiger partial charge in [-0.2, -0.15) is 0 Å². The molecule has 0 spiro atoms. The number of amides is 1. The van der Waals surface area contributed by atoms with Crippen LogP contribution in [0.4, 0.5) is 0 Å². The van der Waals surface area contributed by atoms with Crippen LogP contribution in [0.15, 0.2) is 23.9 Å². The summed E-state index contributed by atoms with van der Waals surface area (Å²) in [6, 6.07) is -0.721. The molecule has 2 heterocycles. The van der Waals surface area contributed by atoms with Crippen molar-refractivity contribution in [2.24, 2.45) is 0 Å². The largest absolute Gasteiger partial charge is 0.467 e. The topological polar surface area (TPSA) is 63.7 Å². The first-order valence-corrected chi connectivity index (χ1v) is 4.46. The smallest absolute Gasteiger partial charge is 0.333 e. The summed E-state index contributed by atoms with van der Waals surface area (Å²) in [6.45, 7) is 0. The predicted octanol–water partition coefficient (Wildman–Crippen LogP) is -0.217. The highest BCUT2D eigenvalue weighted by Crippen LogP contribution is 2.25. The van der Waals surface area contributed by atoms with Gasteiger partial charge in [-0.3, -0.25) is 14.5 Å². The molecule has 0 bridgehead atoms. The Morgan fingerprint density at radius 3 is 2.93 bits per heavy atom. The molecule has 0 fully saturated rings. The number of methoxy groups -OCH3 is 1. The summed E-state index contributed by atoms with van der Waals surface area (Å²) in [5.41, 5.74) is 0.464. The molecule has 5 nitrogen and oxygen atoms in total. The van der Waals surface area contributed by atoms with Crippen molar-refractivity contribution in [1.29, 1.82) is 0 Å². The first-order chi connectivity index (χ1) is 7.13. The van der Waals surface area contributed by atoms with E-state index in [1.807, 2.05) is 0 Å². The first kappa shape index (κ1) is 9.64. The van der Waals surface area contributed by atoms with E-state index in [-0.39, 0.29) is 18.1 Å². The molecule has 2 aliphatic rings. The summed E-state index contributed by atoms with van der Waals surface area (Å²) in [5, 5.41) is 0. The summed E-state index contributed by atoms with van der Waals surface area (Å²) < 4.78 is 4.56. The normalized spacial score (nSPS) is 23.9. The van der Waals surface area contributed by atoms with Gasteiger partial charge < -0.3 is 4.74 Å². The van der Waals surface area contributed by atoms with Gasteiger partial charge >= 0.3 is 5.97 Å². The summed E-state index contributed by atoms with van der Waals surface area (Å²) in [4.78, 5) is 35.2. The van der Waals surface area contributed by atoms with E-state index < -0.39 is 12.0 Å². The van der Waals surface area contributed by atoms with Gasteiger partial charge in [0.1, 0.15) is 0 Å². The number of carbonyl (C=O) groups excluding carboxylic acids is 3. The van der Waals surface area contributed by atoms with E-state index in [2.05, 4.69) is 4.74 Å². The number of fused-ring (bicyclic) bond motifs is 1. The third kappa shape index (κ3) is 1.45. The van der Waals surface area contributed by atoms with E-state index >= 15 is 0 Å². The number of nitrogens with zero attached hydrogens (tertiary/aromatic N) is 1. The third-order valence-corrected chi connectivity index (χ3v) is 2.35. The van der Waals surface area contributed by atoms with Crippen LogP contribution in [0.25, 0.3) is 0 Å². The zero-order valence-corrected chi connectivity index (χ0v) is 8.10. The van der Waals surface area contributed by atoms with E-state index in [0.717, 1.165) is 0 Å². The second-order valence-electron chi connectivity index (χ2n) is 3.30. The molecule has 0 aromatic rings. The molecular weight excluding hydrogens is 198 g/mol. The first-order valence-electron chi connectivity index (χ1n) is 4.46. The molecule has 1 amide bonds. The average molecular weight is 207 g/mol. The van der Waals surface area contributed by atoms with E-state index in [1.54, 1.807) is 12.2 Å². The van der Waals surface area contributed by atoms with Crippen molar-refractivity contribution in [3.63, 3.8) is 0 Å². The zero-order chi connectivity index (χ0) is 11.0. The molecule has 78 valence electrons. The Labute approximate surface area is 86.0 Å². The Balaban J connectivity index is 2.33. The third-order valence-electron chi connectivity index (χ3n) is 2.35. The molecule has 1 unspecified atom stereocenters. The second-order valence-corrected chi connectivity index (χ2v) is 3.30. The van der Waals surface area contributed by atoms with Gasteiger partial charge in [0, 0.05) is 11.8 Å². The molecule has 0 aliphatic carbocycles. The lowest BCUT2D eigenvalue weighted by atomic mass is 10.1. The molecule has 0 saturated heterocycles. The van der Waals surface area contributed by atoms with Crippen molar-refractivity contribution in [2.45, 2.75) is 12.5 Å². The van der Waals surface area contributed by atoms with Gasteiger partial charge in [-0.25, -0.2) is 4.79 Å². The summed E-state index contributed by atoms with van der Waals surface area (Å²) in [5.74, 6) is -1.10. The number of allylic oxidation sites excluding steroid dienone is 2. The van der Waals surface area contributed by atoms with Gasteiger partial charge in [-0.05, 0) is 12.2 Å². The highest BCUT2D eigenvalue weighted by Gasteiger charge is 2.37. The summed E-state index contributed by atoms with van der Waals surface area (Å²) in [6.07, 6.45) is 4.31. The van der Waals surface area contributed by atoms with Crippen molar-refractivity contribution < 1.29 is 19.1 Å². The zero-order valence-electron chi connectivity index (χ0n) is 8.10. The summed E-state index contributed by atoms with van der Waals surface area (Å²) >= 11 is 0. The number of hydrogen-bond donors (Lipinski definition) is 0. The Morgan fingerprint density at radius 1 is 1.53 bits per heavy atom. The van der Waals surface area contributed by atoms with Crippen molar-refractivity contribution >= 4 is 17.7 Å². The van der Waals surface area contributed by atoms with Crippen LogP contribution in [0.3, 0.4) is 0 Å². The minimum Gasteiger partial charge on any atom is -0.467 e. The highest BCUT2D eigenvalue weighted by molar-refractivity contribution is 6.09. The number of esters is 1. The Kier molecular flexibility index (Phi) is 2.15. The van der Waals surface area contributed by atoms with E-state index in [1.165, 1.54) is 18.1 Å². The molecule has 1 atom stereocenters. The number of rotatable bonds is 1. The lowest BCUT2D eigenvalue weighted by Gasteiger charge is -2.26. The minimum absolute atomic E-state index is 0.182. The summed E-state index contributed by atoms with van der Waals surface area (Å²) in [7, 11) is 1.26.